The molecule has 2 N–H and O–H groups in total. The summed E-state index contributed by atoms with van der Waals surface area (Å²) in [5.74, 6) is -0.802. The van der Waals surface area contributed by atoms with Gasteiger partial charge in [0.1, 0.15) is 0 Å². The Balaban J connectivity index is 2.58. The van der Waals surface area contributed by atoms with Crippen molar-refractivity contribution in [1.29, 1.82) is 0 Å². The fourth-order valence-corrected chi connectivity index (χ4v) is 2.81. The molecule has 0 aliphatic heterocycles. The molecular weight excluding hydrogens is 249 g/mol. The number of aromatic hydroxyl groups is 1. The molecule has 1 rings (SSSR count). The first-order valence-electron chi connectivity index (χ1n) is 6.30. The number of halogens is 1. The Labute approximate surface area is 113 Å². The Hall–Kier alpha value is -0.740. The highest BCUT2D eigenvalue weighted by Gasteiger charge is 2.24. The Morgan fingerprint density at radius 2 is 2.00 bits per heavy atom. The zero-order chi connectivity index (χ0) is 13.6. The van der Waals surface area contributed by atoms with Crippen LogP contribution >= 0.6 is 11.8 Å². The van der Waals surface area contributed by atoms with E-state index in [0.717, 1.165) is 19.4 Å². The number of rotatable bonds is 7. The second-order valence-corrected chi connectivity index (χ2v) is 5.72. The van der Waals surface area contributed by atoms with E-state index in [1.165, 1.54) is 6.07 Å². The molecule has 0 spiro atoms. The van der Waals surface area contributed by atoms with Crippen molar-refractivity contribution in [3.05, 3.63) is 29.6 Å². The van der Waals surface area contributed by atoms with Gasteiger partial charge in [0.2, 0.25) is 0 Å². The van der Waals surface area contributed by atoms with Crippen molar-refractivity contribution in [2.75, 3.05) is 12.8 Å². The summed E-state index contributed by atoms with van der Waals surface area (Å²) in [6, 6.07) is 4.63. The zero-order valence-corrected chi connectivity index (χ0v) is 12.1. The maximum atomic E-state index is 13.2. The van der Waals surface area contributed by atoms with Crippen LogP contribution in [0.2, 0.25) is 0 Å². The number of nitrogens with one attached hydrogen (secondary N) is 1. The fourth-order valence-electron chi connectivity index (χ4n) is 1.99. The van der Waals surface area contributed by atoms with Crippen molar-refractivity contribution in [3.63, 3.8) is 0 Å². The first kappa shape index (κ1) is 15.3. The summed E-state index contributed by atoms with van der Waals surface area (Å²) < 4.78 is 13.4. The maximum Gasteiger partial charge on any atom is 0.165 e. The van der Waals surface area contributed by atoms with E-state index in [4.69, 9.17) is 0 Å². The van der Waals surface area contributed by atoms with Crippen LogP contribution in [0.4, 0.5) is 4.39 Å². The quantitative estimate of drug-likeness (QED) is 0.795. The highest BCUT2D eigenvalue weighted by atomic mass is 32.2. The smallest absolute Gasteiger partial charge is 0.165 e. The minimum atomic E-state index is -0.559. The summed E-state index contributed by atoms with van der Waals surface area (Å²) in [7, 11) is 0. The number of benzene rings is 1. The molecule has 0 radical (unpaired) electrons. The lowest BCUT2D eigenvalue weighted by Gasteiger charge is -2.30. The predicted octanol–water partition coefficient (Wildman–Crippen LogP) is 3.54. The molecule has 0 saturated carbocycles. The second-order valence-electron chi connectivity index (χ2n) is 4.45. The molecule has 102 valence electrons. The number of hydrogen-bond donors (Lipinski definition) is 2. The molecule has 0 atom stereocenters. The molecular formula is C14H22FNOS. The van der Waals surface area contributed by atoms with E-state index in [9.17, 15) is 9.50 Å². The van der Waals surface area contributed by atoms with E-state index in [2.05, 4.69) is 25.4 Å². The first-order valence-corrected chi connectivity index (χ1v) is 7.53. The van der Waals surface area contributed by atoms with Gasteiger partial charge in [-0.05, 0) is 25.2 Å². The molecule has 0 aliphatic rings. The van der Waals surface area contributed by atoms with Gasteiger partial charge in [-0.1, -0.05) is 26.0 Å². The van der Waals surface area contributed by atoms with Crippen LogP contribution in [0.5, 0.6) is 5.75 Å². The Bertz CT molecular complexity index is 372. The van der Waals surface area contributed by atoms with Gasteiger partial charge in [0, 0.05) is 23.4 Å². The van der Waals surface area contributed by atoms with E-state index >= 15 is 0 Å². The molecule has 1 aromatic carbocycles. The fraction of sp³-hybridized carbons (Fsp3) is 0.571. The number of para-hydroxylation sites is 1. The molecule has 0 aromatic heterocycles. The van der Waals surface area contributed by atoms with Gasteiger partial charge < -0.3 is 10.4 Å². The first-order chi connectivity index (χ1) is 8.58. The van der Waals surface area contributed by atoms with E-state index in [1.54, 1.807) is 12.1 Å². The molecule has 1 aromatic rings. The average Bonchev–Trinajstić information content (AvgIpc) is 2.40. The van der Waals surface area contributed by atoms with Gasteiger partial charge >= 0.3 is 0 Å². The highest BCUT2D eigenvalue weighted by molar-refractivity contribution is 8.00. The summed E-state index contributed by atoms with van der Waals surface area (Å²) in [4.78, 5) is 0. The molecule has 0 saturated heterocycles. The normalized spacial score (nSPS) is 11.8. The summed E-state index contributed by atoms with van der Waals surface area (Å²) in [5, 5.41) is 12.9. The lowest BCUT2D eigenvalue weighted by atomic mass is 10.0. The van der Waals surface area contributed by atoms with Crippen molar-refractivity contribution in [1.82, 2.24) is 5.32 Å². The van der Waals surface area contributed by atoms with Gasteiger partial charge in [0.15, 0.2) is 11.6 Å². The summed E-state index contributed by atoms with van der Waals surface area (Å²) in [6.45, 7) is 5.71. The van der Waals surface area contributed by atoms with Crippen LogP contribution in [0, 0.1) is 5.82 Å². The number of phenols is 1. The third-order valence-corrected chi connectivity index (χ3v) is 5.14. The Kier molecular flexibility index (Phi) is 5.96. The highest BCUT2D eigenvalue weighted by Crippen LogP contribution is 2.29. The molecule has 0 fully saturated rings. The SMILES string of the molecule is CCC(CC)(CNCc1cccc(F)c1O)SC. The second kappa shape index (κ2) is 7.00. The zero-order valence-electron chi connectivity index (χ0n) is 11.3. The number of phenolic OH excluding ortho intramolecular Hbond substituents is 1. The van der Waals surface area contributed by atoms with Crippen LogP contribution in [0.25, 0.3) is 0 Å². The summed E-state index contributed by atoms with van der Waals surface area (Å²) >= 11 is 1.86. The third-order valence-electron chi connectivity index (χ3n) is 3.55. The van der Waals surface area contributed by atoms with E-state index in [1.807, 2.05) is 11.8 Å². The average molecular weight is 271 g/mol. The van der Waals surface area contributed by atoms with Crippen molar-refractivity contribution >= 4 is 11.8 Å². The van der Waals surface area contributed by atoms with Crippen molar-refractivity contribution in [2.45, 2.75) is 38.0 Å². The standard InChI is InChI=1S/C14H22FNOS/c1-4-14(5-2,18-3)10-16-9-11-7-6-8-12(15)13(11)17/h6-8,16-17H,4-5,9-10H2,1-3H3. The van der Waals surface area contributed by atoms with Crippen LogP contribution in [-0.4, -0.2) is 22.7 Å². The Morgan fingerprint density at radius 3 is 2.56 bits per heavy atom. The largest absolute Gasteiger partial charge is 0.505 e. The molecule has 0 unspecified atom stereocenters. The van der Waals surface area contributed by atoms with Gasteiger partial charge in [0.25, 0.3) is 0 Å². The van der Waals surface area contributed by atoms with Gasteiger partial charge in [0.05, 0.1) is 0 Å². The predicted molar refractivity (Wildman–Crippen MR) is 76.6 cm³/mol. The van der Waals surface area contributed by atoms with Crippen LogP contribution < -0.4 is 5.32 Å². The lowest BCUT2D eigenvalue weighted by molar-refractivity contribution is 0.420. The minimum Gasteiger partial charge on any atom is -0.505 e. The monoisotopic (exact) mass is 271 g/mol. The van der Waals surface area contributed by atoms with Crippen molar-refractivity contribution in [3.8, 4) is 5.75 Å². The van der Waals surface area contributed by atoms with Crippen LogP contribution in [0.15, 0.2) is 18.2 Å². The maximum absolute atomic E-state index is 13.2. The molecule has 18 heavy (non-hydrogen) atoms. The van der Waals surface area contributed by atoms with Crippen LogP contribution in [0.3, 0.4) is 0 Å². The van der Waals surface area contributed by atoms with Crippen molar-refractivity contribution < 1.29 is 9.50 Å². The molecule has 0 bridgehead atoms. The van der Waals surface area contributed by atoms with Gasteiger partial charge in [-0.3, -0.25) is 0 Å². The molecule has 2 nitrogen and oxygen atoms in total. The number of thioether (sulfide) groups is 1. The molecule has 0 amide bonds. The third kappa shape index (κ3) is 3.62. The van der Waals surface area contributed by atoms with E-state index in [-0.39, 0.29) is 10.5 Å². The van der Waals surface area contributed by atoms with Crippen molar-refractivity contribution in [2.24, 2.45) is 0 Å². The van der Waals surface area contributed by atoms with E-state index < -0.39 is 5.82 Å². The van der Waals surface area contributed by atoms with E-state index in [0.29, 0.717) is 12.1 Å². The molecule has 4 heteroatoms. The van der Waals surface area contributed by atoms with Gasteiger partial charge in [-0.2, -0.15) is 11.8 Å². The summed E-state index contributed by atoms with van der Waals surface area (Å²) in [5.41, 5.74) is 0.609. The van der Waals surface area contributed by atoms with Crippen LogP contribution in [-0.2, 0) is 6.54 Å². The van der Waals surface area contributed by atoms with Crippen LogP contribution in [0.1, 0.15) is 32.3 Å². The Morgan fingerprint density at radius 1 is 1.33 bits per heavy atom. The lowest BCUT2D eigenvalue weighted by Crippen LogP contribution is -2.36. The number of hydrogen-bond acceptors (Lipinski definition) is 3. The minimum absolute atomic E-state index is 0.225. The van der Waals surface area contributed by atoms with Gasteiger partial charge in [-0.25, -0.2) is 4.39 Å². The molecule has 0 aliphatic carbocycles. The van der Waals surface area contributed by atoms with Gasteiger partial charge in [-0.15, -0.1) is 0 Å². The topological polar surface area (TPSA) is 32.3 Å². The summed E-state index contributed by atoms with van der Waals surface area (Å²) in [6.07, 6.45) is 4.30. The molecule has 0 heterocycles.